The van der Waals surface area contributed by atoms with Crippen LogP contribution in [0.4, 0.5) is 14.5 Å². The molecule has 0 fully saturated rings. The average molecular weight is 170 g/mol. The SMILES string of the molecule is O=C(Nc1ccccc1)[C](F)F. The van der Waals surface area contributed by atoms with Crippen molar-refractivity contribution in [1.82, 2.24) is 0 Å². The third-order valence-corrected chi connectivity index (χ3v) is 1.20. The first-order valence-electron chi connectivity index (χ1n) is 3.24. The number of para-hydroxylation sites is 1. The normalized spacial score (nSPS) is 9.92. The minimum Gasteiger partial charge on any atom is -0.321 e. The number of rotatable bonds is 2. The summed E-state index contributed by atoms with van der Waals surface area (Å²) in [4.78, 5) is 10.4. The maximum Gasteiger partial charge on any atom is 0.396 e. The fourth-order valence-electron chi connectivity index (χ4n) is 0.700. The van der Waals surface area contributed by atoms with Crippen molar-refractivity contribution in [1.29, 1.82) is 0 Å². The van der Waals surface area contributed by atoms with Gasteiger partial charge in [-0.3, -0.25) is 4.79 Å². The van der Waals surface area contributed by atoms with E-state index < -0.39 is 12.3 Å². The number of nitrogens with one attached hydrogen (secondary N) is 1. The molecule has 63 valence electrons. The fraction of sp³-hybridized carbons (Fsp3) is 0. The molecule has 0 aromatic heterocycles. The molecule has 1 amide bonds. The summed E-state index contributed by atoms with van der Waals surface area (Å²) in [5.74, 6) is -1.36. The summed E-state index contributed by atoms with van der Waals surface area (Å²) in [5.41, 5.74) is 0.357. The zero-order valence-electron chi connectivity index (χ0n) is 6.05. The number of carbonyl (C=O) groups is 1. The van der Waals surface area contributed by atoms with Gasteiger partial charge in [-0.1, -0.05) is 18.2 Å². The second kappa shape index (κ2) is 3.80. The molecule has 4 heteroatoms. The zero-order valence-corrected chi connectivity index (χ0v) is 6.05. The number of hydrogen-bond acceptors (Lipinski definition) is 1. The molecule has 0 spiro atoms. The molecule has 2 nitrogen and oxygen atoms in total. The van der Waals surface area contributed by atoms with E-state index in [1.165, 1.54) is 12.1 Å². The summed E-state index contributed by atoms with van der Waals surface area (Å²) in [6.45, 7) is 0. The van der Waals surface area contributed by atoms with Gasteiger partial charge in [0.15, 0.2) is 0 Å². The van der Waals surface area contributed by atoms with Crippen LogP contribution in [0.25, 0.3) is 0 Å². The Kier molecular flexibility index (Phi) is 2.74. The Labute approximate surface area is 68.2 Å². The molecule has 1 rings (SSSR count). The molecule has 0 aliphatic heterocycles. The standard InChI is InChI=1S/C8H6F2NO/c9-7(10)8(12)11-6-4-2-1-3-5-6/h1-5H,(H,11,12). The van der Waals surface area contributed by atoms with Gasteiger partial charge in [0.1, 0.15) is 0 Å². The van der Waals surface area contributed by atoms with Crippen molar-refractivity contribution in [2.24, 2.45) is 0 Å². The molecule has 1 N–H and O–H groups in total. The first-order valence-corrected chi connectivity index (χ1v) is 3.24. The second-order valence-corrected chi connectivity index (χ2v) is 2.08. The van der Waals surface area contributed by atoms with Gasteiger partial charge in [0.25, 0.3) is 0 Å². The summed E-state index contributed by atoms with van der Waals surface area (Å²) in [7, 11) is 0. The van der Waals surface area contributed by atoms with Crippen molar-refractivity contribution in [3.8, 4) is 0 Å². The molecule has 1 radical (unpaired) electrons. The maximum atomic E-state index is 11.6. The molecular weight excluding hydrogens is 164 g/mol. The highest BCUT2D eigenvalue weighted by atomic mass is 19.3. The van der Waals surface area contributed by atoms with Gasteiger partial charge >= 0.3 is 12.3 Å². The van der Waals surface area contributed by atoms with Gasteiger partial charge in [0.2, 0.25) is 0 Å². The first-order chi connectivity index (χ1) is 5.70. The lowest BCUT2D eigenvalue weighted by Gasteiger charge is -2.01. The van der Waals surface area contributed by atoms with E-state index in [2.05, 4.69) is 0 Å². The van der Waals surface area contributed by atoms with Gasteiger partial charge in [0.05, 0.1) is 0 Å². The molecular formula is C8H6F2NO. The summed E-state index contributed by atoms with van der Waals surface area (Å²) in [6, 6.07) is 8.07. The minimum absolute atomic E-state index is 0.357. The molecule has 0 aliphatic rings. The predicted molar refractivity (Wildman–Crippen MR) is 40.5 cm³/mol. The van der Waals surface area contributed by atoms with Crippen LogP contribution in [0.15, 0.2) is 30.3 Å². The molecule has 0 heterocycles. The second-order valence-electron chi connectivity index (χ2n) is 2.08. The predicted octanol–water partition coefficient (Wildman–Crippen LogP) is 2.05. The molecule has 0 unspecified atom stereocenters. The number of benzene rings is 1. The van der Waals surface area contributed by atoms with Crippen molar-refractivity contribution in [3.05, 3.63) is 36.8 Å². The Bertz CT molecular complexity index is 261. The third kappa shape index (κ3) is 2.30. The van der Waals surface area contributed by atoms with Gasteiger partial charge in [-0.25, -0.2) is 0 Å². The molecule has 1 aromatic carbocycles. The molecule has 0 aliphatic carbocycles. The minimum atomic E-state index is -2.24. The number of anilines is 1. The lowest BCUT2D eigenvalue weighted by molar-refractivity contribution is -0.119. The third-order valence-electron chi connectivity index (χ3n) is 1.20. The Balaban J connectivity index is 2.59. The summed E-state index contributed by atoms with van der Waals surface area (Å²) < 4.78 is 23.2. The van der Waals surface area contributed by atoms with Crippen LogP contribution in [-0.2, 0) is 4.79 Å². The average Bonchev–Trinajstić information content (AvgIpc) is 2.06. The van der Waals surface area contributed by atoms with Crippen LogP contribution in [0.1, 0.15) is 0 Å². The van der Waals surface area contributed by atoms with E-state index in [9.17, 15) is 13.6 Å². The maximum absolute atomic E-state index is 11.6. The van der Waals surface area contributed by atoms with Crippen molar-refractivity contribution in [2.75, 3.05) is 5.32 Å². The quantitative estimate of drug-likeness (QED) is 0.723. The van der Waals surface area contributed by atoms with E-state index in [-0.39, 0.29) is 0 Å². The van der Waals surface area contributed by atoms with E-state index >= 15 is 0 Å². The van der Waals surface area contributed by atoms with Gasteiger partial charge in [-0.05, 0) is 12.1 Å². The van der Waals surface area contributed by atoms with Crippen LogP contribution >= 0.6 is 0 Å². The zero-order chi connectivity index (χ0) is 8.97. The summed E-state index contributed by atoms with van der Waals surface area (Å²) in [6.07, 6.45) is -2.24. The van der Waals surface area contributed by atoms with Gasteiger partial charge in [0, 0.05) is 5.69 Å². The lowest BCUT2D eigenvalue weighted by atomic mass is 10.3. The highest BCUT2D eigenvalue weighted by Crippen LogP contribution is 2.09. The molecule has 1 aromatic rings. The van der Waals surface area contributed by atoms with E-state index in [0.29, 0.717) is 5.69 Å². The first kappa shape index (κ1) is 8.64. The highest BCUT2D eigenvalue weighted by molar-refractivity contribution is 5.98. The smallest absolute Gasteiger partial charge is 0.321 e. The topological polar surface area (TPSA) is 29.1 Å². The van der Waals surface area contributed by atoms with Crippen molar-refractivity contribution < 1.29 is 13.6 Å². The summed E-state index contributed by atoms with van der Waals surface area (Å²) >= 11 is 0. The van der Waals surface area contributed by atoms with Crippen LogP contribution in [0.3, 0.4) is 0 Å². The Morgan fingerprint density at radius 2 is 1.75 bits per heavy atom. The molecule has 12 heavy (non-hydrogen) atoms. The molecule has 0 saturated heterocycles. The van der Waals surface area contributed by atoms with Gasteiger partial charge < -0.3 is 5.32 Å². The molecule has 0 atom stereocenters. The Hall–Kier alpha value is -1.45. The Morgan fingerprint density at radius 3 is 2.25 bits per heavy atom. The van der Waals surface area contributed by atoms with Crippen molar-refractivity contribution >= 4 is 11.6 Å². The largest absolute Gasteiger partial charge is 0.396 e. The Morgan fingerprint density at radius 1 is 1.17 bits per heavy atom. The van der Waals surface area contributed by atoms with Gasteiger partial charge in [-0.15, -0.1) is 0 Å². The van der Waals surface area contributed by atoms with Crippen molar-refractivity contribution in [3.63, 3.8) is 0 Å². The number of carbonyl (C=O) groups excluding carboxylic acids is 1. The number of hydrogen-bond donors (Lipinski definition) is 1. The lowest BCUT2D eigenvalue weighted by Crippen LogP contribution is -2.14. The van der Waals surface area contributed by atoms with E-state index in [4.69, 9.17) is 0 Å². The van der Waals surface area contributed by atoms with Crippen LogP contribution < -0.4 is 5.32 Å². The number of halogens is 2. The van der Waals surface area contributed by atoms with Crippen LogP contribution in [0.5, 0.6) is 0 Å². The monoisotopic (exact) mass is 170 g/mol. The molecule has 0 saturated carbocycles. The van der Waals surface area contributed by atoms with Gasteiger partial charge in [-0.2, -0.15) is 8.78 Å². The number of amides is 1. The van der Waals surface area contributed by atoms with Crippen LogP contribution in [0, 0.1) is 6.43 Å². The summed E-state index contributed by atoms with van der Waals surface area (Å²) in [5, 5.41) is 2.02. The van der Waals surface area contributed by atoms with Crippen LogP contribution in [0.2, 0.25) is 0 Å². The van der Waals surface area contributed by atoms with E-state index in [0.717, 1.165) is 0 Å². The van der Waals surface area contributed by atoms with E-state index in [1.54, 1.807) is 18.2 Å². The highest BCUT2D eigenvalue weighted by Gasteiger charge is 2.17. The fourth-order valence-corrected chi connectivity index (χ4v) is 0.700. The van der Waals surface area contributed by atoms with Crippen molar-refractivity contribution in [2.45, 2.75) is 0 Å². The molecule has 0 bridgehead atoms. The van der Waals surface area contributed by atoms with E-state index in [1.807, 2.05) is 5.32 Å². The van der Waals surface area contributed by atoms with Crippen LogP contribution in [-0.4, -0.2) is 5.91 Å².